The van der Waals surface area contributed by atoms with Gasteiger partial charge in [0.25, 0.3) is 0 Å². The van der Waals surface area contributed by atoms with Crippen LogP contribution in [0, 0.1) is 0 Å². The van der Waals surface area contributed by atoms with Crippen LogP contribution in [0.15, 0.2) is 42.7 Å². The maximum Gasteiger partial charge on any atom is 0.244 e. The van der Waals surface area contributed by atoms with Gasteiger partial charge in [0.15, 0.2) is 0 Å². The largest absolute Gasteiger partial charge is 0.478 e. The van der Waals surface area contributed by atoms with E-state index in [0.29, 0.717) is 18.3 Å². The zero-order valence-electron chi connectivity index (χ0n) is 11.1. The summed E-state index contributed by atoms with van der Waals surface area (Å²) < 4.78 is 5.29. The van der Waals surface area contributed by atoms with E-state index in [1.807, 2.05) is 37.3 Å². The monoisotopic (exact) mass is 272 g/mol. The highest BCUT2D eigenvalue weighted by atomic mass is 16.5. The highest BCUT2D eigenvalue weighted by Gasteiger charge is 2.18. The van der Waals surface area contributed by atoms with Crippen LogP contribution in [0.3, 0.4) is 0 Å². The summed E-state index contributed by atoms with van der Waals surface area (Å²) in [5.41, 5.74) is 6.21. The molecule has 3 N–H and O–H groups in total. The zero-order valence-corrected chi connectivity index (χ0v) is 11.1. The Morgan fingerprint density at radius 1 is 1.35 bits per heavy atom. The standard InChI is InChI=1S/C14H16N4O2/c1-2-20-12-8-11(16-9-17-12)18-13(14(15)19)10-6-4-3-5-7-10/h3-9,13H,2H2,1H3,(H2,15,19)(H,16,17,18)/t13-/m1/s1. The van der Waals surface area contributed by atoms with Crippen molar-refractivity contribution in [3.05, 3.63) is 48.3 Å². The Hall–Kier alpha value is -2.63. The minimum atomic E-state index is -0.652. The fourth-order valence-electron chi connectivity index (χ4n) is 1.76. The van der Waals surface area contributed by atoms with Crippen molar-refractivity contribution in [3.63, 3.8) is 0 Å². The molecular formula is C14H16N4O2. The lowest BCUT2D eigenvalue weighted by Crippen LogP contribution is -2.28. The number of aromatic nitrogens is 2. The van der Waals surface area contributed by atoms with E-state index in [9.17, 15) is 4.79 Å². The van der Waals surface area contributed by atoms with E-state index in [1.54, 1.807) is 6.07 Å². The molecule has 20 heavy (non-hydrogen) atoms. The minimum Gasteiger partial charge on any atom is -0.478 e. The van der Waals surface area contributed by atoms with Crippen LogP contribution in [-0.4, -0.2) is 22.5 Å². The molecule has 0 fully saturated rings. The number of carbonyl (C=O) groups is 1. The molecule has 2 aromatic rings. The molecule has 0 aliphatic carbocycles. The van der Waals surface area contributed by atoms with Crippen molar-refractivity contribution in [1.29, 1.82) is 0 Å². The summed E-state index contributed by atoms with van der Waals surface area (Å²) in [5.74, 6) is 0.449. The predicted octanol–water partition coefficient (Wildman–Crippen LogP) is 1.51. The van der Waals surface area contributed by atoms with E-state index in [4.69, 9.17) is 10.5 Å². The molecule has 0 aliphatic heterocycles. The number of benzene rings is 1. The third-order valence-electron chi connectivity index (χ3n) is 2.64. The summed E-state index contributed by atoms with van der Waals surface area (Å²) in [4.78, 5) is 19.6. The van der Waals surface area contributed by atoms with Crippen LogP contribution in [-0.2, 0) is 4.79 Å². The van der Waals surface area contributed by atoms with Crippen LogP contribution in [0.5, 0.6) is 5.88 Å². The van der Waals surface area contributed by atoms with Gasteiger partial charge in [0.2, 0.25) is 11.8 Å². The van der Waals surface area contributed by atoms with E-state index in [-0.39, 0.29) is 0 Å². The highest BCUT2D eigenvalue weighted by Crippen LogP contribution is 2.19. The normalized spacial score (nSPS) is 11.7. The average Bonchev–Trinajstić information content (AvgIpc) is 2.46. The van der Waals surface area contributed by atoms with Gasteiger partial charge in [0.1, 0.15) is 18.2 Å². The number of nitrogens with two attached hydrogens (primary N) is 1. The average molecular weight is 272 g/mol. The van der Waals surface area contributed by atoms with Crippen molar-refractivity contribution in [2.75, 3.05) is 11.9 Å². The number of anilines is 1. The summed E-state index contributed by atoms with van der Waals surface area (Å²) in [6.07, 6.45) is 1.37. The molecule has 0 radical (unpaired) electrons. The number of hydrogen-bond donors (Lipinski definition) is 2. The Labute approximate surface area is 117 Å². The number of ether oxygens (including phenoxy) is 1. The molecule has 6 nitrogen and oxygen atoms in total. The van der Waals surface area contributed by atoms with Crippen molar-refractivity contribution in [1.82, 2.24) is 9.97 Å². The second kappa shape index (κ2) is 6.51. The van der Waals surface area contributed by atoms with E-state index in [0.717, 1.165) is 5.56 Å². The molecule has 0 saturated carbocycles. The molecule has 0 aliphatic rings. The second-order valence-electron chi connectivity index (χ2n) is 4.06. The van der Waals surface area contributed by atoms with Gasteiger partial charge in [-0.05, 0) is 12.5 Å². The Kier molecular flexibility index (Phi) is 4.49. The summed E-state index contributed by atoms with van der Waals surface area (Å²) in [6, 6.07) is 10.2. The van der Waals surface area contributed by atoms with Crippen LogP contribution in [0.2, 0.25) is 0 Å². The van der Waals surface area contributed by atoms with Crippen molar-refractivity contribution >= 4 is 11.7 Å². The van der Waals surface area contributed by atoms with Gasteiger partial charge >= 0.3 is 0 Å². The number of rotatable bonds is 6. The van der Waals surface area contributed by atoms with Gasteiger partial charge in [-0.1, -0.05) is 30.3 Å². The molecule has 1 aromatic carbocycles. The number of nitrogens with one attached hydrogen (secondary N) is 1. The Morgan fingerprint density at radius 3 is 2.75 bits per heavy atom. The molecule has 0 saturated heterocycles. The number of primary amides is 1. The van der Waals surface area contributed by atoms with Gasteiger partial charge in [-0.15, -0.1) is 0 Å². The third-order valence-corrected chi connectivity index (χ3v) is 2.64. The van der Waals surface area contributed by atoms with Crippen molar-refractivity contribution in [2.24, 2.45) is 5.73 Å². The topological polar surface area (TPSA) is 90.1 Å². The first-order valence-electron chi connectivity index (χ1n) is 6.26. The van der Waals surface area contributed by atoms with Gasteiger partial charge in [-0.25, -0.2) is 9.97 Å². The lowest BCUT2D eigenvalue weighted by molar-refractivity contribution is -0.118. The molecule has 6 heteroatoms. The van der Waals surface area contributed by atoms with Gasteiger partial charge in [0.05, 0.1) is 6.61 Å². The van der Waals surface area contributed by atoms with Gasteiger partial charge in [-0.3, -0.25) is 4.79 Å². The van der Waals surface area contributed by atoms with Crippen LogP contribution >= 0.6 is 0 Å². The Morgan fingerprint density at radius 2 is 2.10 bits per heavy atom. The maximum atomic E-state index is 11.6. The molecule has 0 bridgehead atoms. The Balaban J connectivity index is 2.21. The van der Waals surface area contributed by atoms with Crippen LogP contribution in [0.25, 0.3) is 0 Å². The molecule has 1 amide bonds. The van der Waals surface area contributed by atoms with Crippen LogP contribution in [0.4, 0.5) is 5.82 Å². The molecule has 0 unspecified atom stereocenters. The predicted molar refractivity (Wildman–Crippen MR) is 75.2 cm³/mol. The number of amides is 1. The van der Waals surface area contributed by atoms with Gasteiger partial charge < -0.3 is 15.8 Å². The third kappa shape index (κ3) is 3.44. The van der Waals surface area contributed by atoms with Crippen LogP contribution < -0.4 is 15.8 Å². The second-order valence-corrected chi connectivity index (χ2v) is 4.06. The van der Waals surface area contributed by atoms with Crippen LogP contribution in [0.1, 0.15) is 18.5 Å². The van der Waals surface area contributed by atoms with Crippen molar-refractivity contribution in [3.8, 4) is 5.88 Å². The summed E-state index contributed by atoms with van der Waals surface area (Å²) in [7, 11) is 0. The van der Waals surface area contributed by atoms with Crippen molar-refractivity contribution in [2.45, 2.75) is 13.0 Å². The Bertz CT molecular complexity index is 574. The van der Waals surface area contributed by atoms with E-state index in [2.05, 4.69) is 15.3 Å². The first-order chi connectivity index (χ1) is 9.70. The van der Waals surface area contributed by atoms with E-state index < -0.39 is 11.9 Å². The summed E-state index contributed by atoms with van der Waals surface area (Å²) in [5, 5.41) is 2.99. The molecule has 1 aromatic heterocycles. The lowest BCUT2D eigenvalue weighted by atomic mass is 10.1. The molecular weight excluding hydrogens is 256 g/mol. The maximum absolute atomic E-state index is 11.6. The molecule has 1 heterocycles. The van der Waals surface area contributed by atoms with Gasteiger partial charge in [0, 0.05) is 6.07 Å². The number of hydrogen-bond acceptors (Lipinski definition) is 5. The summed E-state index contributed by atoms with van der Waals surface area (Å²) in [6.45, 7) is 2.37. The van der Waals surface area contributed by atoms with E-state index in [1.165, 1.54) is 6.33 Å². The molecule has 2 rings (SSSR count). The van der Waals surface area contributed by atoms with Gasteiger partial charge in [-0.2, -0.15) is 0 Å². The number of carbonyl (C=O) groups excluding carboxylic acids is 1. The molecule has 0 spiro atoms. The lowest BCUT2D eigenvalue weighted by Gasteiger charge is -2.16. The SMILES string of the molecule is CCOc1cc(N[C@@H](C(N)=O)c2ccccc2)ncn1. The van der Waals surface area contributed by atoms with Crippen molar-refractivity contribution < 1.29 is 9.53 Å². The fourth-order valence-corrected chi connectivity index (χ4v) is 1.76. The fraction of sp³-hybridized carbons (Fsp3) is 0.214. The first-order valence-corrected chi connectivity index (χ1v) is 6.26. The summed E-state index contributed by atoms with van der Waals surface area (Å²) >= 11 is 0. The first kappa shape index (κ1) is 13.8. The molecule has 104 valence electrons. The quantitative estimate of drug-likeness (QED) is 0.832. The smallest absolute Gasteiger partial charge is 0.244 e. The molecule has 1 atom stereocenters. The highest BCUT2D eigenvalue weighted by molar-refractivity contribution is 5.84. The van der Waals surface area contributed by atoms with E-state index >= 15 is 0 Å². The number of nitrogens with zero attached hydrogens (tertiary/aromatic N) is 2. The minimum absolute atomic E-state index is 0.446. The zero-order chi connectivity index (χ0) is 14.4.